The standard InChI is InChI=1S/C21H23N5O2/c1-15-25-18(21(27)24-14-17-8-5-6-11-22-17)13-20(26-15)23-12-10-16-7-3-4-9-19(16)28-2/h3-9,11,13H,10,12,14H2,1-2H3,(H,24,27)(H,23,25,26). The van der Waals surface area contributed by atoms with Crippen LogP contribution in [0.4, 0.5) is 5.82 Å². The van der Waals surface area contributed by atoms with Crippen molar-refractivity contribution in [2.45, 2.75) is 19.9 Å². The molecule has 144 valence electrons. The smallest absolute Gasteiger partial charge is 0.270 e. The summed E-state index contributed by atoms with van der Waals surface area (Å²) in [5, 5.41) is 6.09. The highest BCUT2D eigenvalue weighted by Crippen LogP contribution is 2.18. The van der Waals surface area contributed by atoms with Gasteiger partial charge in [-0.2, -0.15) is 0 Å². The Morgan fingerprint density at radius 3 is 2.71 bits per heavy atom. The number of benzene rings is 1. The van der Waals surface area contributed by atoms with E-state index >= 15 is 0 Å². The van der Waals surface area contributed by atoms with Crippen LogP contribution >= 0.6 is 0 Å². The average Bonchev–Trinajstić information content (AvgIpc) is 2.72. The van der Waals surface area contributed by atoms with Crippen molar-refractivity contribution >= 4 is 11.7 Å². The van der Waals surface area contributed by atoms with E-state index in [0.29, 0.717) is 30.4 Å². The van der Waals surface area contributed by atoms with E-state index in [9.17, 15) is 4.79 Å². The number of amides is 1. The molecular weight excluding hydrogens is 354 g/mol. The number of aromatic nitrogens is 3. The van der Waals surface area contributed by atoms with E-state index in [1.165, 1.54) is 0 Å². The van der Waals surface area contributed by atoms with Crippen LogP contribution in [0, 0.1) is 6.92 Å². The highest BCUT2D eigenvalue weighted by atomic mass is 16.5. The van der Waals surface area contributed by atoms with Gasteiger partial charge in [0.25, 0.3) is 5.91 Å². The molecule has 0 aliphatic rings. The van der Waals surface area contributed by atoms with E-state index < -0.39 is 0 Å². The highest BCUT2D eigenvalue weighted by Gasteiger charge is 2.11. The van der Waals surface area contributed by atoms with E-state index in [4.69, 9.17) is 4.74 Å². The van der Waals surface area contributed by atoms with Crippen molar-refractivity contribution in [3.05, 3.63) is 77.5 Å². The predicted octanol–water partition coefficient (Wildman–Crippen LogP) is 2.77. The van der Waals surface area contributed by atoms with Crippen LogP contribution in [-0.4, -0.2) is 34.5 Å². The number of hydrogen-bond acceptors (Lipinski definition) is 6. The van der Waals surface area contributed by atoms with Crippen LogP contribution < -0.4 is 15.4 Å². The lowest BCUT2D eigenvalue weighted by molar-refractivity contribution is 0.0945. The summed E-state index contributed by atoms with van der Waals surface area (Å²) < 4.78 is 5.37. The van der Waals surface area contributed by atoms with Crippen molar-refractivity contribution < 1.29 is 9.53 Å². The van der Waals surface area contributed by atoms with Crippen molar-refractivity contribution in [2.24, 2.45) is 0 Å². The lowest BCUT2D eigenvalue weighted by atomic mass is 10.1. The van der Waals surface area contributed by atoms with Gasteiger partial charge in [-0.25, -0.2) is 9.97 Å². The molecule has 0 spiro atoms. The summed E-state index contributed by atoms with van der Waals surface area (Å²) in [4.78, 5) is 25.2. The fraction of sp³-hybridized carbons (Fsp3) is 0.238. The van der Waals surface area contributed by atoms with Gasteiger partial charge in [-0.05, 0) is 37.1 Å². The van der Waals surface area contributed by atoms with Crippen molar-refractivity contribution in [2.75, 3.05) is 19.0 Å². The molecule has 7 heteroatoms. The maximum absolute atomic E-state index is 12.4. The Bertz CT molecular complexity index is 931. The van der Waals surface area contributed by atoms with Crippen LogP contribution in [-0.2, 0) is 13.0 Å². The number of carbonyl (C=O) groups is 1. The molecule has 28 heavy (non-hydrogen) atoms. The Labute approximate surface area is 164 Å². The van der Waals surface area contributed by atoms with Crippen LogP contribution in [0.25, 0.3) is 0 Å². The Morgan fingerprint density at radius 1 is 1.11 bits per heavy atom. The number of carbonyl (C=O) groups excluding carboxylic acids is 1. The lowest BCUT2D eigenvalue weighted by Gasteiger charge is -2.11. The molecule has 1 aromatic carbocycles. The molecule has 0 aliphatic carbocycles. The summed E-state index contributed by atoms with van der Waals surface area (Å²) in [6, 6.07) is 15.1. The van der Waals surface area contributed by atoms with E-state index in [0.717, 1.165) is 23.4 Å². The maximum Gasteiger partial charge on any atom is 0.270 e. The topological polar surface area (TPSA) is 89.0 Å². The molecule has 7 nitrogen and oxygen atoms in total. The second kappa shape index (κ2) is 9.45. The fourth-order valence-corrected chi connectivity index (χ4v) is 2.77. The molecule has 2 heterocycles. The summed E-state index contributed by atoms with van der Waals surface area (Å²) in [5.74, 6) is 1.75. The van der Waals surface area contributed by atoms with Crippen LogP contribution in [0.2, 0.25) is 0 Å². The molecule has 3 rings (SSSR count). The minimum absolute atomic E-state index is 0.260. The van der Waals surface area contributed by atoms with Crippen molar-refractivity contribution in [3.63, 3.8) is 0 Å². The van der Waals surface area contributed by atoms with E-state index in [2.05, 4.69) is 25.6 Å². The lowest BCUT2D eigenvalue weighted by Crippen LogP contribution is -2.25. The Morgan fingerprint density at radius 2 is 1.93 bits per heavy atom. The van der Waals surface area contributed by atoms with Crippen LogP contribution in [0.1, 0.15) is 27.6 Å². The van der Waals surface area contributed by atoms with Gasteiger partial charge in [0.1, 0.15) is 23.1 Å². The number of pyridine rings is 1. The maximum atomic E-state index is 12.4. The first-order chi connectivity index (χ1) is 13.7. The Kier molecular flexibility index (Phi) is 6.51. The molecule has 0 saturated carbocycles. The highest BCUT2D eigenvalue weighted by molar-refractivity contribution is 5.92. The quantitative estimate of drug-likeness (QED) is 0.627. The van der Waals surface area contributed by atoms with E-state index in [1.54, 1.807) is 26.3 Å². The summed E-state index contributed by atoms with van der Waals surface area (Å²) in [6.07, 6.45) is 2.47. The first-order valence-corrected chi connectivity index (χ1v) is 9.05. The second-order valence-electron chi connectivity index (χ2n) is 6.18. The van der Waals surface area contributed by atoms with E-state index in [1.807, 2.05) is 42.5 Å². The number of nitrogens with zero attached hydrogens (tertiary/aromatic N) is 3. The first kappa shape index (κ1) is 19.3. The third-order valence-corrected chi connectivity index (χ3v) is 4.12. The number of hydrogen-bond donors (Lipinski definition) is 2. The molecule has 0 atom stereocenters. The van der Waals surface area contributed by atoms with Gasteiger partial charge >= 0.3 is 0 Å². The number of anilines is 1. The van der Waals surface area contributed by atoms with Crippen molar-refractivity contribution in [3.8, 4) is 5.75 Å². The molecule has 0 unspecified atom stereocenters. The Hall–Kier alpha value is -3.48. The van der Waals surface area contributed by atoms with Crippen molar-refractivity contribution in [1.82, 2.24) is 20.3 Å². The Balaban J connectivity index is 1.60. The summed E-state index contributed by atoms with van der Waals surface area (Å²) in [5.41, 5.74) is 2.22. The SMILES string of the molecule is COc1ccccc1CCNc1cc(C(=O)NCc2ccccn2)nc(C)n1. The number of nitrogens with one attached hydrogen (secondary N) is 2. The molecule has 0 bridgehead atoms. The van der Waals surface area contributed by atoms with Crippen LogP contribution in [0.3, 0.4) is 0 Å². The monoisotopic (exact) mass is 377 g/mol. The van der Waals surface area contributed by atoms with Gasteiger partial charge in [-0.15, -0.1) is 0 Å². The fourth-order valence-electron chi connectivity index (χ4n) is 2.77. The summed E-state index contributed by atoms with van der Waals surface area (Å²) in [7, 11) is 1.66. The number of aryl methyl sites for hydroxylation is 1. The molecular formula is C21H23N5O2. The molecule has 3 aromatic rings. The molecule has 1 amide bonds. The normalized spacial score (nSPS) is 10.4. The number of ether oxygens (including phenoxy) is 1. The molecule has 0 aliphatic heterocycles. The van der Waals surface area contributed by atoms with Gasteiger partial charge in [0.2, 0.25) is 0 Å². The van der Waals surface area contributed by atoms with Crippen molar-refractivity contribution in [1.29, 1.82) is 0 Å². The molecule has 2 N–H and O–H groups in total. The van der Waals surface area contributed by atoms with Gasteiger partial charge in [0.05, 0.1) is 19.3 Å². The minimum atomic E-state index is -0.260. The van der Waals surface area contributed by atoms with E-state index in [-0.39, 0.29) is 5.91 Å². The summed E-state index contributed by atoms with van der Waals surface area (Å²) >= 11 is 0. The third kappa shape index (κ3) is 5.26. The van der Waals surface area contributed by atoms with Gasteiger partial charge in [0.15, 0.2) is 0 Å². The first-order valence-electron chi connectivity index (χ1n) is 9.05. The van der Waals surface area contributed by atoms with Gasteiger partial charge in [-0.1, -0.05) is 24.3 Å². The molecule has 2 aromatic heterocycles. The zero-order valence-electron chi connectivity index (χ0n) is 16.0. The average molecular weight is 377 g/mol. The van der Waals surface area contributed by atoms with Gasteiger partial charge < -0.3 is 15.4 Å². The third-order valence-electron chi connectivity index (χ3n) is 4.12. The predicted molar refractivity (Wildman–Crippen MR) is 107 cm³/mol. The molecule has 0 saturated heterocycles. The number of rotatable bonds is 8. The van der Waals surface area contributed by atoms with Crippen LogP contribution in [0.5, 0.6) is 5.75 Å². The molecule has 0 radical (unpaired) electrons. The largest absolute Gasteiger partial charge is 0.496 e. The van der Waals surface area contributed by atoms with Crippen LogP contribution in [0.15, 0.2) is 54.7 Å². The minimum Gasteiger partial charge on any atom is -0.496 e. The number of para-hydroxylation sites is 1. The molecule has 0 fully saturated rings. The van der Waals surface area contributed by atoms with Gasteiger partial charge in [-0.3, -0.25) is 9.78 Å². The van der Waals surface area contributed by atoms with Gasteiger partial charge in [0, 0.05) is 18.8 Å². The summed E-state index contributed by atoms with van der Waals surface area (Å²) in [6.45, 7) is 2.77. The zero-order chi connectivity index (χ0) is 19.8. The second-order valence-corrected chi connectivity index (χ2v) is 6.18. The number of methoxy groups -OCH3 is 1. The zero-order valence-corrected chi connectivity index (χ0v) is 16.0.